The van der Waals surface area contributed by atoms with Gasteiger partial charge in [0, 0.05) is 30.1 Å². The molecule has 7 nitrogen and oxygen atoms in total. The smallest absolute Gasteiger partial charge is 0.310 e. The van der Waals surface area contributed by atoms with E-state index >= 15 is 0 Å². The van der Waals surface area contributed by atoms with Gasteiger partial charge in [-0.15, -0.1) is 0 Å². The van der Waals surface area contributed by atoms with E-state index in [1.807, 2.05) is 61.5 Å². The fourth-order valence-corrected chi connectivity index (χ4v) is 3.34. The van der Waals surface area contributed by atoms with Crippen LogP contribution in [0, 0.1) is 6.92 Å². The van der Waals surface area contributed by atoms with Gasteiger partial charge in [-0.2, -0.15) is 0 Å². The number of carbonyl (C=O) groups is 2. The summed E-state index contributed by atoms with van der Waals surface area (Å²) in [5.41, 5.74) is 4.53. The lowest BCUT2D eigenvalue weighted by molar-refractivity contribution is -0.119. The van der Waals surface area contributed by atoms with Gasteiger partial charge in [-0.1, -0.05) is 42.5 Å². The number of hydrogen-bond donors (Lipinski definition) is 2. The largest absolute Gasteiger partial charge is 0.321 e. The van der Waals surface area contributed by atoms with Crippen molar-refractivity contribution in [3.63, 3.8) is 0 Å². The van der Waals surface area contributed by atoms with Crippen LogP contribution in [0.15, 0.2) is 78.0 Å². The third-order valence-corrected chi connectivity index (χ3v) is 4.83. The standard InChI is InChI=1S/C23H21N5O2/c1-15-7-6-10-17(13-15)25-23(30)27-21-22(29)28(2)19-14-24-12-11-18(19)20(26-21)16-8-4-3-5-9-16/h3-14,21H,1-2H3,(H2,25,27,30). The second-order valence-electron chi connectivity index (χ2n) is 7.00. The summed E-state index contributed by atoms with van der Waals surface area (Å²) in [4.78, 5) is 35.9. The van der Waals surface area contributed by atoms with E-state index in [9.17, 15) is 9.59 Å². The van der Waals surface area contributed by atoms with Crippen LogP contribution in [0.2, 0.25) is 0 Å². The maximum Gasteiger partial charge on any atom is 0.321 e. The zero-order valence-corrected chi connectivity index (χ0v) is 16.7. The zero-order chi connectivity index (χ0) is 21.1. The molecular formula is C23H21N5O2. The summed E-state index contributed by atoms with van der Waals surface area (Å²) in [6, 6.07) is 18.3. The van der Waals surface area contributed by atoms with Crippen molar-refractivity contribution >= 4 is 29.0 Å². The number of carbonyl (C=O) groups excluding carboxylic acids is 2. The molecule has 0 aliphatic carbocycles. The van der Waals surface area contributed by atoms with Gasteiger partial charge in [0.2, 0.25) is 6.17 Å². The summed E-state index contributed by atoms with van der Waals surface area (Å²) in [5, 5.41) is 5.45. The van der Waals surface area contributed by atoms with E-state index < -0.39 is 12.2 Å². The van der Waals surface area contributed by atoms with Gasteiger partial charge < -0.3 is 15.5 Å². The molecule has 0 spiro atoms. The first-order valence-corrected chi connectivity index (χ1v) is 9.52. The topological polar surface area (TPSA) is 86.7 Å². The lowest BCUT2D eigenvalue weighted by Gasteiger charge is -2.20. The number of anilines is 2. The van der Waals surface area contributed by atoms with Gasteiger partial charge in [0.15, 0.2) is 0 Å². The molecule has 1 atom stereocenters. The Morgan fingerprint density at radius 2 is 1.87 bits per heavy atom. The first-order chi connectivity index (χ1) is 14.5. The third-order valence-electron chi connectivity index (χ3n) is 4.83. The first kappa shape index (κ1) is 19.3. The number of aromatic nitrogens is 1. The molecule has 2 aromatic carbocycles. The number of amides is 3. The molecule has 7 heteroatoms. The molecule has 30 heavy (non-hydrogen) atoms. The van der Waals surface area contributed by atoms with E-state index in [0.29, 0.717) is 17.1 Å². The Balaban J connectivity index is 1.69. The van der Waals surface area contributed by atoms with E-state index in [1.165, 1.54) is 4.90 Å². The lowest BCUT2D eigenvalue weighted by Crippen LogP contribution is -2.47. The molecule has 1 unspecified atom stereocenters. The van der Waals surface area contributed by atoms with Crippen molar-refractivity contribution in [2.24, 2.45) is 4.99 Å². The lowest BCUT2D eigenvalue weighted by atomic mass is 10.0. The number of aliphatic imine (C=N–C) groups is 1. The van der Waals surface area contributed by atoms with E-state index in [0.717, 1.165) is 16.7 Å². The average Bonchev–Trinajstić information content (AvgIpc) is 2.85. The van der Waals surface area contributed by atoms with Crippen LogP contribution < -0.4 is 15.5 Å². The number of hydrogen-bond acceptors (Lipinski definition) is 4. The van der Waals surface area contributed by atoms with Crippen LogP contribution in [-0.4, -0.2) is 35.8 Å². The SMILES string of the molecule is Cc1cccc(NC(=O)NC2N=C(c3ccccc3)c3ccncc3N(C)C2=O)c1. The molecule has 0 saturated heterocycles. The third kappa shape index (κ3) is 3.91. The predicted molar refractivity (Wildman–Crippen MR) is 117 cm³/mol. The second kappa shape index (κ2) is 8.16. The van der Waals surface area contributed by atoms with Gasteiger partial charge in [-0.3, -0.25) is 9.78 Å². The van der Waals surface area contributed by atoms with Gasteiger partial charge >= 0.3 is 6.03 Å². The van der Waals surface area contributed by atoms with Crippen molar-refractivity contribution in [3.8, 4) is 0 Å². The van der Waals surface area contributed by atoms with Crippen LogP contribution >= 0.6 is 0 Å². The van der Waals surface area contributed by atoms with E-state index in [2.05, 4.69) is 20.6 Å². The maximum atomic E-state index is 13.1. The summed E-state index contributed by atoms with van der Waals surface area (Å²) in [7, 11) is 1.65. The summed E-state index contributed by atoms with van der Waals surface area (Å²) >= 11 is 0. The molecule has 3 amide bonds. The average molecular weight is 399 g/mol. The maximum absolute atomic E-state index is 13.1. The Morgan fingerprint density at radius 3 is 2.63 bits per heavy atom. The molecule has 0 radical (unpaired) electrons. The van der Waals surface area contributed by atoms with Crippen LogP contribution in [0.1, 0.15) is 16.7 Å². The molecule has 0 bridgehead atoms. The summed E-state index contributed by atoms with van der Waals surface area (Å²) in [6.07, 6.45) is 2.21. The van der Waals surface area contributed by atoms with Crippen molar-refractivity contribution in [2.75, 3.05) is 17.3 Å². The van der Waals surface area contributed by atoms with Crippen LogP contribution in [0.25, 0.3) is 0 Å². The normalized spacial score (nSPS) is 15.7. The fraction of sp³-hybridized carbons (Fsp3) is 0.130. The molecule has 4 rings (SSSR count). The Bertz CT molecular complexity index is 1130. The molecular weight excluding hydrogens is 378 g/mol. The van der Waals surface area contributed by atoms with Gasteiger partial charge in [0.25, 0.3) is 5.91 Å². The summed E-state index contributed by atoms with van der Waals surface area (Å²) < 4.78 is 0. The molecule has 1 aliphatic heterocycles. The Morgan fingerprint density at radius 1 is 1.07 bits per heavy atom. The fourth-order valence-electron chi connectivity index (χ4n) is 3.34. The van der Waals surface area contributed by atoms with E-state index in [-0.39, 0.29) is 5.91 Å². The van der Waals surface area contributed by atoms with Crippen molar-refractivity contribution in [3.05, 3.63) is 89.7 Å². The number of likely N-dealkylation sites (N-methyl/N-ethyl adjacent to an activating group) is 1. The van der Waals surface area contributed by atoms with E-state index in [1.54, 1.807) is 25.5 Å². The number of aryl methyl sites for hydroxylation is 1. The molecule has 0 saturated carbocycles. The highest BCUT2D eigenvalue weighted by molar-refractivity contribution is 6.20. The Labute approximate surface area is 174 Å². The highest BCUT2D eigenvalue weighted by Gasteiger charge is 2.31. The number of benzene rings is 2. The number of fused-ring (bicyclic) bond motifs is 1. The molecule has 0 fully saturated rings. The van der Waals surface area contributed by atoms with Crippen molar-refractivity contribution in [2.45, 2.75) is 13.1 Å². The van der Waals surface area contributed by atoms with Crippen LogP contribution in [0.3, 0.4) is 0 Å². The quantitative estimate of drug-likeness (QED) is 0.708. The first-order valence-electron chi connectivity index (χ1n) is 9.52. The minimum atomic E-state index is -1.08. The summed E-state index contributed by atoms with van der Waals surface area (Å²) in [6.45, 7) is 1.94. The van der Waals surface area contributed by atoms with Gasteiger partial charge in [-0.25, -0.2) is 9.79 Å². The second-order valence-corrected chi connectivity index (χ2v) is 7.00. The molecule has 150 valence electrons. The number of pyridine rings is 1. The van der Waals surface area contributed by atoms with Crippen LogP contribution in [0.4, 0.5) is 16.2 Å². The van der Waals surface area contributed by atoms with Gasteiger partial charge in [0.05, 0.1) is 17.6 Å². The molecule has 2 N–H and O–H groups in total. The highest BCUT2D eigenvalue weighted by atomic mass is 16.2. The number of rotatable bonds is 3. The Kier molecular flexibility index (Phi) is 5.26. The predicted octanol–water partition coefficient (Wildman–Crippen LogP) is 3.35. The minimum absolute atomic E-state index is 0.352. The number of nitrogens with zero attached hydrogens (tertiary/aromatic N) is 3. The molecule has 1 aromatic heterocycles. The molecule has 3 aromatic rings. The van der Waals surface area contributed by atoms with Crippen molar-refractivity contribution in [1.29, 1.82) is 0 Å². The minimum Gasteiger partial charge on any atom is -0.310 e. The van der Waals surface area contributed by atoms with Crippen LogP contribution in [-0.2, 0) is 4.79 Å². The number of urea groups is 1. The van der Waals surface area contributed by atoms with Crippen molar-refractivity contribution in [1.82, 2.24) is 10.3 Å². The van der Waals surface area contributed by atoms with E-state index in [4.69, 9.17) is 0 Å². The van der Waals surface area contributed by atoms with Crippen LogP contribution in [0.5, 0.6) is 0 Å². The van der Waals surface area contributed by atoms with Crippen molar-refractivity contribution < 1.29 is 9.59 Å². The zero-order valence-electron chi connectivity index (χ0n) is 16.7. The molecule has 1 aliphatic rings. The monoisotopic (exact) mass is 399 g/mol. The summed E-state index contributed by atoms with van der Waals surface area (Å²) in [5.74, 6) is -0.352. The number of nitrogens with one attached hydrogen (secondary N) is 2. The molecule has 2 heterocycles. The van der Waals surface area contributed by atoms with Gasteiger partial charge in [0.1, 0.15) is 0 Å². The van der Waals surface area contributed by atoms with Gasteiger partial charge in [-0.05, 0) is 30.7 Å². The highest BCUT2D eigenvalue weighted by Crippen LogP contribution is 2.26. The Hall–Kier alpha value is -4.00.